The lowest BCUT2D eigenvalue weighted by atomic mass is 9.86. The standard InChI is InChI=1S/C12H12ClNO/c13-12-4-2-1-3-11(12)8-5-9(14)7-10(15)6-8/h1-4,7-8H,5-6,14H2/t8-/m0/s1. The molecule has 0 heterocycles. The maximum Gasteiger partial charge on any atom is 0.158 e. The summed E-state index contributed by atoms with van der Waals surface area (Å²) in [7, 11) is 0. The number of carbonyl (C=O) groups excluding carboxylic acids is 1. The van der Waals surface area contributed by atoms with E-state index in [9.17, 15) is 4.79 Å². The van der Waals surface area contributed by atoms with Gasteiger partial charge in [0, 0.05) is 17.1 Å². The van der Waals surface area contributed by atoms with Crippen LogP contribution in [0.3, 0.4) is 0 Å². The maximum absolute atomic E-state index is 11.4. The van der Waals surface area contributed by atoms with Crippen molar-refractivity contribution in [2.45, 2.75) is 18.8 Å². The molecule has 0 aliphatic heterocycles. The van der Waals surface area contributed by atoms with Gasteiger partial charge in [-0.3, -0.25) is 4.79 Å². The Hall–Kier alpha value is -1.28. The minimum Gasteiger partial charge on any atom is -0.402 e. The van der Waals surface area contributed by atoms with Crippen molar-refractivity contribution in [3.05, 3.63) is 46.6 Å². The predicted octanol–water partition coefficient (Wildman–Crippen LogP) is 2.63. The number of hydrogen-bond acceptors (Lipinski definition) is 2. The molecule has 0 spiro atoms. The second kappa shape index (κ2) is 4.07. The zero-order chi connectivity index (χ0) is 10.8. The lowest BCUT2D eigenvalue weighted by Gasteiger charge is -2.21. The topological polar surface area (TPSA) is 43.1 Å². The molecule has 1 aliphatic rings. The average molecular weight is 222 g/mol. The van der Waals surface area contributed by atoms with Crippen molar-refractivity contribution in [2.75, 3.05) is 0 Å². The summed E-state index contributed by atoms with van der Waals surface area (Å²) in [5, 5.41) is 0.713. The van der Waals surface area contributed by atoms with Gasteiger partial charge in [0.2, 0.25) is 0 Å². The van der Waals surface area contributed by atoms with Gasteiger partial charge >= 0.3 is 0 Å². The fraction of sp³-hybridized carbons (Fsp3) is 0.250. The third kappa shape index (κ3) is 2.21. The second-order valence-electron chi connectivity index (χ2n) is 3.81. The van der Waals surface area contributed by atoms with Crippen molar-refractivity contribution in [3.63, 3.8) is 0 Å². The molecule has 0 fully saturated rings. The Balaban J connectivity index is 2.30. The smallest absolute Gasteiger partial charge is 0.158 e. The van der Waals surface area contributed by atoms with Crippen molar-refractivity contribution in [3.8, 4) is 0 Å². The second-order valence-corrected chi connectivity index (χ2v) is 4.22. The number of rotatable bonds is 1. The number of hydrogen-bond donors (Lipinski definition) is 1. The first-order valence-corrected chi connectivity index (χ1v) is 5.28. The molecule has 1 aliphatic carbocycles. The van der Waals surface area contributed by atoms with Crippen molar-refractivity contribution >= 4 is 17.4 Å². The average Bonchev–Trinajstić information content (AvgIpc) is 2.16. The van der Waals surface area contributed by atoms with Gasteiger partial charge in [0.05, 0.1) is 0 Å². The minimum absolute atomic E-state index is 0.0867. The van der Waals surface area contributed by atoms with Gasteiger partial charge < -0.3 is 5.73 Å². The van der Waals surface area contributed by atoms with Gasteiger partial charge in [0.15, 0.2) is 5.78 Å². The van der Waals surface area contributed by atoms with Crippen molar-refractivity contribution in [1.29, 1.82) is 0 Å². The Kier molecular flexibility index (Phi) is 2.78. The van der Waals surface area contributed by atoms with Crippen LogP contribution in [0.1, 0.15) is 24.3 Å². The van der Waals surface area contributed by atoms with Crippen LogP contribution in [-0.2, 0) is 4.79 Å². The number of benzene rings is 1. The van der Waals surface area contributed by atoms with Crippen LogP contribution >= 0.6 is 11.6 Å². The van der Waals surface area contributed by atoms with Crippen molar-refractivity contribution in [1.82, 2.24) is 0 Å². The van der Waals surface area contributed by atoms with E-state index in [2.05, 4.69) is 0 Å². The summed E-state index contributed by atoms with van der Waals surface area (Å²) in [6.45, 7) is 0. The summed E-state index contributed by atoms with van der Waals surface area (Å²) >= 11 is 6.08. The predicted molar refractivity (Wildman–Crippen MR) is 60.7 cm³/mol. The summed E-state index contributed by atoms with van der Waals surface area (Å²) in [5.41, 5.74) is 7.37. The highest BCUT2D eigenvalue weighted by Crippen LogP contribution is 2.33. The van der Waals surface area contributed by atoms with Crippen LogP contribution in [0.5, 0.6) is 0 Å². The van der Waals surface area contributed by atoms with E-state index >= 15 is 0 Å². The number of carbonyl (C=O) groups is 1. The van der Waals surface area contributed by atoms with Crippen LogP contribution in [0.4, 0.5) is 0 Å². The van der Waals surface area contributed by atoms with Crippen LogP contribution in [0, 0.1) is 0 Å². The lowest BCUT2D eigenvalue weighted by molar-refractivity contribution is -0.115. The van der Waals surface area contributed by atoms with E-state index < -0.39 is 0 Å². The van der Waals surface area contributed by atoms with Crippen molar-refractivity contribution in [2.24, 2.45) is 5.73 Å². The number of ketones is 1. The fourth-order valence-corrected chi connectivity index (χ4v) is 2.24. The van der Waals surface area contributed by atoms with Crippen LogP contribution in [0.2, 0.25) is 5.02 Å². The largest absolute Gasteiger partial charge is 0.402 e. The van der Waals surface area contributed by atoms with Crippen molar-refractivity contribution < 1.29 is 4.79 Å². The summed E-state index contributed by atoms with van der Waals surface area (Å²) in [5.74, 6) is 0.222. The molecule has 1 aromatic carbocycles. The lowest BCUT2D eigenvalue weighted by Crippen LogP contribution is -2.16. The zero-order valence-electron chi connectivity index (χ0n) is 8.24. The molecule has 0 unspecified atom stereocenters. The van der Waals surface area contributed by atoms with E-state index in [0.29, 0.717) is 17.1 Å². The Bertz CT molecular complexity index is 425. The first-order chi connectivity index (χ1) is 7.16. The van der Waals surface area contributed by atoms with Gasteiger partial charge in [-0.2, -0.15) is 0 Å². The molecule has 0 amide bonds. The van der Waals surface area contributed by atoms with Crippen LogP contribution in [-0.4, -0.2) is 5.78 Å². The monoisotopic (exact) mass is 221 g/mol. The highest BCUT2D eigenvalue weighted by Gasteiger charge is 2.22. The fourth-order valence-electron chi connectivity index (χ4n) is 1.95. The molecule has 2 N–H and O–H groups in total. The van der Waals surface area contributed by atoms with Crippen LogP contribution in [0.15, 0.2) is 36.0 Å². The molecule has 3 heteroatoms. The van der Waals surface area contributed by atoms with E-state index in [4.69, 9.17) is 17.3 Å². The molecular weight excluding hydrogens is 210 g/mol. The summed E-state index contributed by atoms with van der Waals surface area (Å²) < 4.78 is 0. The van der Waals surface area contributed by atoms with Gasteiger partial charge in [0.25, 0.3) is 0 Å². The molecule has 1 aromatic rings. The van der Waals surface area contributed by atoms with E-state index in [-0.39, 0.29) is 11.7 Å². The van der Waals surface area contributed by atoms with Crippen LogP contribution in [0.25, 0.3) is 0 Å². The summed E-state index contributed by atoms with van der Waals surface area (Å²) in [6, 6.07) is 7.62. The summed E-state index contributed by atoms with van der Waals surface area (Å²) in [6.07, 6.45) is 2.74. The molecule has 0 radical (unpaired) electrons. The van der Waals surface area contributed by atoms with E-state index in [1.807, 2.05) is 24.3 Å². The van der Waals surface area contributed by atoms with Gasteiger partial charge in [0.1, 0.15) is 0 Å². The highest BCUT2D eigenvalue weighted by molar-refractivity contribution is 6.31. The highest BCUT2D eigenvalue weighted by atomic mass is 35.5. The van der Waals surface area contributed by atoms with E-state index in [1.54, 1.807) is 0 Å². The molecular formula is C12H12ClNO. The maximum atomic E-state index is 11.4. The Labute approximate surface area is 93.7 Å². The molecule has 2 rings (SSSR count). The van der Waals surface area contributed by atoms with Crippen LogP contribution < -0.4 is 5.73 Å². The molecule has 0 saturated heterocycles. The Morgan fingerprint density at radius 3 is 2.67 bits per heavy atom. The quantitative estimate of drug-likeness (QED) is 0.792. The first-order valence-electron chi connectivity index (χ1n) is 4.90. The van der Waals surface area contributed by atoms with E-state index in [0.717, 1.165) is 12.0 Å². The minimum atomic E-state index is 0.0867. The van der Waals surface area contributed by atoms with Gasteiger partial charge in [-0.1, -0.05) is 29.8 Å². The number of nitrogens with two attached hydrogens (primary N) is 1. The molecule has 0 aromatic heterocycles. The van der Waals surface area contributed by atoms with Gasteiger partial charge in [-0.05, 0) is 30.0 Å². The van der Waals surface area contributed by atoms with E-state index in [1.165, 1.54) is 6.08 Å². The summed E-state index contributed by atoms with van der Waals surface area (Å²) in [4.78, 5) is 11.4. The number of allylic oxidation sites excluding steroid dienone is 2. The molecule has 2 nitrogen and oxygen atoms in total. The molecule has 0 saturated carbocycles. The number of halogens is 1. The molecule has 1 atom stereocenters. The normalized spacial score (nSPS) is 21.3. The third-order valence-corrected chi connectivity index (χ3v) is 2.97. The Morgan fingerprint density at radius 2 is 2.00 bits per heavy atom. The molecule has 0 bridgehead atoms. The first kappa shape index (κ1) is 10.2. The SMILES string of the molecule is NC1=CC(=O)C[C@@H](c2ccccc2Cl)C1. The van der Waals surface area contributed by atoms with Gasteiger partial charge in [-0.15, -0.1) is 0 Å². The zero-order valence-corrected chi connectivity index (χ0v) is 9.00. The van der Waals surface area contributed by atoms with Gasteiger partial charge in [-0.25, -0.2) is 0 Å². The molecule has 15 heavy (non-hydrogen) atoms. The Morgan fingerprint density at radius 1 is 1.27 bits per heavy atom. The molecule has 78 valence electrons. The third-order valence-electron chi connectivity index (χ3n) is 2.62.